The van der Waals surface area contributed by atoms with E-state index < -0.39 is 0 Å². The normalized spacial score (nSPS) is 14.2. The standard InChI is InChI=1S/C18H17BrN4O/c19-15-3-5-16(6-4-15)21-18(24)23-11-9-22(10-12-23)17-7-1-14(13-20)2-8-17/h1-8H,9-12H2,(H,21,24). The number of rotatable bonds is 2. The number of piperazine rings is 1. The van der Waals surface area contributed by atoms with Gasteiger partial charge in [0, 0.05) is 42.0 Å². The Balaban J connectivity index is 1.55. The third kappa shape index (κ3) is 3.87. The van der Waals surface area contributed by atoms with E-state index in [0.717, 1.165) is 28.9 Å². The zero-order chi connectivity index (χ0) is 16.9. The van der Waals surface area contributed by atoms with Gasteiger partial charge in [0.05, 0.1) is 11.6 Å². The molecule has 122 valence electrons. The molecule has 1 aliphatic rings. The van der Waals surface area contributed by atoms with Crippen molar-refractivity contribution in [3.05, 3.63) is 58.6 Å². The van der Waals surface area contributed by atoms with E-state index in [1.165, 1.54) is 0 Å². The van der Waals surface area contributed by atoms with Crippen molar-refractivity contribution in [2.24, 2.45) is 0 Å². The van der Waals surface area contributed by atoms with Gasteiger partial charge in [-0.05, 0) is 48.5 Å². The topological polar surface area (TPSA) is 59.4 Å². The second kappa shape index (κ2) is 7.37. The van der Waals surface area contributed by atoms with Crippen LogP contribution in [0.1, 0.15) is 5.56 Å². The SMILES string of the molecule is N#Cc1ccc(N2CCN(C(=O)Nc3ccc(Br)cc3)CC2)cc1. The van der Waals surface area contributed by atoms with Gasteiger partial charge in [0.25, 0.3) is 0 Å². The molecule has 0 spiro atoms. The lowest BCUT2D eigenvalue weighted by Crippen LogP contribution is -2.50. The molecule has 1 aliphatic heterocycles. The van der Waals surface area contributed by atoms with Crippen LogP contribution in [-0.4, -0.2) is 37.1 Å². The van der Waals surface area contributed by atoms with Gasteiger partial charge in [-0.2, -0.15) is 5.26 Å². The highest BCUT2D eigenvalue weighted by molar-refractivity contribution is 9.10. The molecule has 1 saturated heterocycles. The number of nitrogens with one attached hydrogen (secondary N) is 1. The summed E-state index contributed by atoms with van der Waals surface area (Å²) >= 11 is 3.38. The molecule has 2 amide bonds. The highest BCUT2D eigenvalue weighted by Gasteiger charge is 2.21. The Morgan fingerprint density at radius 3 is 2.21 bits per heavy atom. The molecule has 6 heteroatoms. The van der Waals surface area contributed by atoms with E-state index in [0.29, 0.717) is 18.7 Å². The number of hydrogen-bond acceptors (Lipinski definition) is 3. The zero-order valence-corrected chi connectivity index (χ0v) is 14.7. The predicted octanol–water partition coefficient (Wildman–Crippen LogP) is 3.67. The Labute approximate surface area is 149 Å². The molecular weight excluding hydrogens is 368 g/mol. The molecule has 1 heterocycles. The minimum Gasteiger partial charge on any atom is -0.368 e. The van der Waals surface area contributed by atoms with Crippen LogP contribution in [0, 0.1) is 11.3 Å². The molecule has 1 fully saturated rings. The average molecular weight is 385 g/mol. The number of benzene rings is 2. The number of hydrogen-bond donors (Lipinski definition) is 1. The van der Waals surface area contributed by atoms with E-state index in [4.69, 9.17) is 5.26 Å². The summed E-state index contributed by atoms with van der Waals surface area (Å²) in [7, 11) is 0. The summed E-state index contributed by atoms with van der Waals surface area (Å²) in [6, 6.07) is 17.1. The van der Waals surface area contributed by atoms with Gasteiger partial charge in [-0.1, -0.05) is 15.9 Å². The first-order chi connectivity index (χ1) is 11.7. The fourth-order valence-corrected chi connectivity index (χ4v) is 2.91. The molecule has 2 aromatic carbocycles. The van der Waals surface area contributed by atoms with Crippen molar-refractivity contribution in [2.45, 2.75) is 0 Å². The molecule has 24 heavy (non-hydrogen) atoms. The van der Waals surface area contributed by atoms with Crippen LogP contribution in [0.4, 0.5) is 16.2 Å². The van der Waals surface area contributed by atoms with Crippen molar-refractivity contribution in [1.29, 1.82) is 5.26 Å². The maximum Gasteiger partial charge on any atom is 0.321 e. The van der Waals surface area contributed by atoms with Crippen molar-refractivity contribution in [1.82, 2.24) is 4.90 Å². The molecule has 0 radical (unpaired) electrons. The van der Waals surface area contributed by atoms with Crippen molar-refractivity contribution in [2.75, 3.05) is 36.4 Å². The smallest absolute Gasteiger partial charge is 0.321 e. The molecule has 1 N–H and O–H groups in total. The number of nitriles is 1. The number of amides is 2. The van der Waals surface area contributed by atoms with E-state index in [1.54, 1.807) is 0 Å². The maximum atomic E-state index is 12.3. The fraction of sp³-hybridized carbons (Fsp3) is 0.222. The van der Waals surface area contributed by atoms with E-state index in [9.17, 15) is 4.79 Å². The number of anilines is 2. The van der Waals surface area contributed by atoms with Gasteiger partial charge in [0.2, 0.25) is 0 Å². The van der Waals surface area contributed by atoms with Gasteiger partial charge >= 0.3 is 6.03 Å². The molecule has 2 aromatic rings. The highest BCUT2D eigenvalue weighted by Crippen LogP contribution is 2.18. The third-order valence-corrected chi connectivity index (χ3v) is 4.55. The Morgan fingerprint density at radius 2 is 1.62 bits per heavy atom. The van der Waals surface area contributed by atoms with Crippen LogP contribution in [-0.2, 0) is 0 Å². The zero-order valence-electron chi connectivity index (χ0n) is 13.1. The summed E-state index contributed by atoms with van der Waals surface area (Å²) in [5, 5.41) is 11.8. The van der Waals surface area contributed by atoms with Gasteiger partial charge < -0.3 is 15.1 Å². The van der Waals surface area contributed by atoms with Gasteiger partial charge in [-0.25, -0.2) is 4.79 Å². The number of nitrogens with zero attached hydrogens (tertiary/aromatic N) is 3. The Morgan fingerprint density at radius 1 is 1.00 bits per heavy atom. The quantitative estimate of drug-likeness (QED) is 0.858. The molecule has 5 nitrogen and oxygen atoms in total. The number of carbonyl (C=O) groups is 1. The average Bonchev–Trinajstić information content (AvgIpc) is 2.64. The Kier molecular flexibility index (Phi) is 5.02. The number of halogens is 1. The highest BCUT2D eigenvalue weighted by atomic mass is 79.9. The van der Waals surface area contributed by atoms with Crippen molar-refractivity contribution < 1.29 is 4.79 Å². The number of urea groups is 1. The maximum absolute atomic E-state index is 12.3. The van der Waals surface area contributed by atoms with Gasteiger partial charge in [0.1, 0.15) is 0 Å². The summed E-state index contributed by atoms with van der Waals surface area (Å²) in [5.74, 6) is 0. The van der Waals surface area contributed by atoms with Gasteiger partial charge in [0.15, 0.2) is 0 Å². The van der Waals surface area contributed by atoms with E-state index in [1.807, 2.05) is 53.4 Å². The first-order valence-corrected chi connectivity index (χ1v) is 8.51. The first-order valence-electron chi connectivity index (χ1n) is 7.72. The van der Waals surface area contributed by atoms with Crippen LogP contribution in [0.3, 0.4) is 0 Å². The second-order valence-corrected chi connectivity index (χ2v) is 6.49. The minimum absolute atomic E-state index is 0.0724. The second-order valence-electron chi connectivity index (χ2n) is 5.57. The number of carbonyl (C=O) groups excluding carboxylic acids is 1. The minimum atomic E-state index is -0.0724. The summed E-state index contributed by atoms with van der Waals surface area (Å²) < 4.78 is 0.983. The van der Waals surface area contributed by atoms with Crippen LogP contribution in [0.15, 0.2) is 53.0 Å². The van der Waals surface area contributed by atoms with Crippen LogP contribution >= 0.6 is 15.9 Å². The third-order valence-electron chi connectivity index (χ3n) is 4.02. The van der Waals surface area contributed by atoms with E-state index in [2.05, 4.69) is 32.2 Å². The van der Waals surface area contributed by atoms with Crippen LogP contribution in [0.5, 0.6) is 0 Å². The van der Waals surface area contributed by atoms with E-state index in [-0.39, 0.29) is 6.03 Å². The molecule has 0 aliphatic carbocycles. The van der Waals surface area contributed by atoms with Crippen LogP contribution < -0.4 is 10.2 Å². The van der Waals surface area contributed by atoms with Gasteiger partial charge in [-0.3, -0.25) is 0 Å². The largest absolute Gasteiger partial charge is 0.368 e. The Hall–Kier alpha value is -2.52. The summed E-state index contributed by atoms with van der Waals surface area (Å²) in [6.45, 7) is 2.89. The van der Waals surface area contributed by atoms with Crippen LogP contribution in [0.25, 0.3) is 0 Å². The fourth-order valence-electron chi connectivity index (χ4n) is 2.65. The lowest BCUT2D eigenvalue weighted by atomic mass is 10.2. The lowest BCUT2D eigenvalue weighted by molar-refractivity contribution is 0.208. The first kappa shape index (κ1) is 16.3. The molecule has 0 unspecified atom stereocenters. The molecule has 0 saturated carbocycles. The lowest BCUT2D eigenvalue weighted by Gasteiger charge is -2.36. The van der Waals surface area contributed by atoms with Gasteiger partial charge in [-0.15, -0.1) is 0 Å². The molecule has 0 atom stereocenters. The summed E-state index contributed by atoms with van der Waals surface area (Å²) in [4.78, 5) is 16.4. The molecule has 0 aromatic heterocycles. The van der Waals surface area contributed by atoms with Crippen LogP contribution in [0.2, 0.25) is 0 Å². The van der Waals surface area contributed by atoms with Crippen molar-refractivity contribution in [3.63, 3.8) is 0 Å². The monoisotopic (exact) mass is 384 g/mol. The van der Waals surface area contributed by atoms with Crippen molar-refractivity contribution >= 4 is 33.3 Å². The molecular formula is C18H17BrN4O. The Bertz CT molecular complexity index is 744. The summed E-state index contributed by atoms with van der Waals surface area (Å²) in [5.41, 5.74) is 2.53. The molecule has 0 bridgehead atoms. The van der Waals surface area contributed by atoms with E-state index >= 15 is 0 Å². The van der Waals surface area contributed by atoms with Crippen molar-refractivity contribution in [3.8, 4) is 6.07 Å². The summed E-state index contributed by atoms with van der Waals surface area (Å²) in [6.07, 6.45) is 0. The molecule has 3 rings (SSSR count). The predicted molar refractivity (Wildman–Crippen MR) is 98.1 cm³/mol.